The summed E-state index contributed by atoms with van der Waals surface area (Å²) in [7, 11) is 0.637. The molecule has 0 aliphatic carbocycles. The number of carbonyl (C=O) groups is 1. The molecule has 0 unspecified atom stereocenters. The SMILES string of the molecule is CN(C)[C@@H]1CS(=O)(=O)[C@H]2CN(C(=O)Nc3ccccc3-c3ccccc3)C[C@@H]12. The predicted octanol–water partition coefficient (Wildman–Crippen LogP) is 2.54. The molecule has 2 fully saturated rings. The fraction of sp³-hybridized carbons (Fsp3) is 0.381. The number of anilines is 1. The highest BCUT2D eigenvalue weighted by molar-refractivity contribution is 7.92. The number of rotatable bonds is 3. The molecule has 2 aliphatic heterocycles. The lowest BCUT2D eigenvalue weighted by molar-refractivity contribution is 0.210. The van der Waals surface area contributed by atoms with Crippen molar-refractivity contribution in [3.63, 3.8) is 0 Å². The van der Waals surface area contributed by atoms with Crippen molar-refractivity contribution in [3.8, 4) is 11.1 Å². The summed E-state index contributed by atoms with van der Waals surface area (Å²) in [5.74, 6) is 0.150. The minimum Gasteiger partial charge on any atom is -0.323 e. The molecule has 28 heavy (non-hydrogen) atoms. The highest BCUT2D eigenvalue weighted by Gasteiger charge is 2.53. The molecule has 2 aromatic carbocycles. The van der Waals surface area contributed by atoms with Crippen LogP contribution in [0.3, 0.4) is 0 Å². The molecule has 2 amide bonds. The number of nitrogens with one attached hydrogen (secondary N) is 1. The zero-order chi connectivity index (χ0) is 19.9. The first kappa shape index (κ1) is 19.0. The molecule has 0 bridgehead atoms. The number of likely N-dealkylation sites (tertiary alicyclic amines) is 1. The van der Waals surface area contributed by atoms with E-state index in [2.05, 4.69) is 5.32 Å². The average Bonchev–Trinajstić information content (AvgIpc) is 3.22. The third-order valence-electron chi connectivity index (χ3n) is 5.87. The van der Waals surface area contributed by atoms with Gasteiger partial charge in [0.15, 0.2) is 9.84 Å². The van der Waals surface area contributed by atoms with E-state index in [0.717, 1.165) is 16.8 Å². The lowest BCUT2D eigenvalue weighted by Crippen LogP contribution is -2.40. The summed E-state index contributed by atoms with van der Waals surface area (Å²) >= 11 is 0. The summed E-state index contributed by atoms with van der Waals surface area (Å²) in [5, 5.41) is 2.53. The maximum absolute atomic E-state index is 12.9. The summed E-state index contributed by atoms with van der Waals surface area (Å²) in [6.07, 6.45) is 0. The van der Waals surface area contributed by atoms with Crippen LogP contribution in [0.4, 0.5) is 10.5 Å². The van der Waals surface area contributed by atoms with Crippen molar-refractivity contribution in [2.45, 2.75) is 11.3 Å². The first-order valence-electron chi connectivity index (χ1n) is 9.45. The first-order chi connectivity index (χ1) is 13.4. The number of amides is 2. The normalized spacial score (nSPS) is 25.7. The van der Waals surface area contributed by atoms with Crippen LogP contribution in [0.15, 0.2) is 54.6 Å². The molecule has 1 N–H and O–H groups in total. The summed E-state index contributed by atoms with van der Waals surface area (Å²) in [4.78, 5) is 16.5. The van der Waals surface area contributed by atoms with Crippen LogP contribution in [0.25, 0.3) is 11.1 Å². The number of fused-ring (bicyclic) bond motifs is 1. The molecule has 2 aromatic rings. The van der Waals surface area contributed by atoms with Gasteiger partial charge in [0.2, 0.25) is 0 Å². The number of benzene rings is 2. The molecular formula is C21H25N3O3S. The third-order valence-corrected chi connectivity index (χ3v) is 8.10. The Labute approximate surface area is 166 Å². The Morgan fingerprint density at radius 3 is 2.43 bits per heavy atom. The van der Waals surface area contributed by atoms with E-state index in [9.17, 15) is 13.2 Å². The summed E-state index contributed by atoms with van der Waals surface area (Å²) in [6.45, 7) is 0.725. The van der Waals surface area contributed by atoms with E-state index in [1.165, 1.54) is 0 Å². The number of sulfone groups is 1. The highest BCUT2D eigenvalue weighted by Crippen LogP contribution is 2.36. The maximum atomic E-state index is 12.9. The fourth-order valence-corrected chi connectivity index (χ4v) is 6.86. The Morgan fingerprint density at radius 1 is 1.04 bits per heavy atom. The van der Waals surface area contributed by atoms with Gasteiger partial charge in [0.05, 0.1) is 16.7 Å². The Hall–Kier alpha value is -2.38. The quantitative estimate of drug-likeness (QED) is 0.861. The monoisotopic (exact) mass is 399 g/mol. The molecule has 0 saturated carbocycles. The van der Waals surface area contributed by atoms with Gasteiger partial charge in [-0.3, -0.25) is 0 Å². The van der Waals surface area contributed by atoms with E-state index in [1.807, 2.05) is 73.6 Å². The van der Waals surface area contributed by atoms with E-state index < -0.39 is 15.1 Å². The number of carbonyl (C=O) groups excluding carboxylic acids is 1. The second-order valence-corrected chi connectivity index (χ2v) is 10.1. The van der Waals surface area contributed by atoms with E-state index in [-0.39, 0.29) is 30.3 Å². The van der Waals surface area contributed by atoms with Crippen molar-refractivity contribution in [1.29, 1.82) is 0 Å². The van der Waals surface area contributed by atoms with E-state index in [1.54, 1.807) is 4.90 Å². The number of hydrogen-bond donors (Lipinski definition) is 1. The van der Waals surface area contributed by atoms with Crippen LogP contribution in [-0.4, -0.2) is 68.5 Å². The Kier molecular flexibility index (Phi) is 4.89. The maximum Gasteiger partial charge on any atom is 0.321 e. The van der Waals surface area contributed by atoms with Gasteiger partial charge in [-0.1, -0.05) is 48.5 Å². The Bertz CT molecular complexity index is 975. The van der Waals surface area contributed by atoms with Crippen LogP contribution in [0.5, 0.6) is 0 Å². The zero-order valence-electron chi connectivity index (χ0n) is 16.1. The second kappa shape index (κ2) is 7.22. The largest absolute Gasteiger partial charge is 0.323 e. The lowest BCUT2D eigenvalue weighted by atomic mass is 10.00. The van der Waals surface area contributed by atoms with Crippen molar-refractivity contribution in [3.05, 3.63) is 54.6 Å². The molecule has 2 aliphatic rings. The molecule has 6 nitrogen and oxygen atoms in total. The van der Waals surface area contributed by atoms with Crippen molar-refractivity contribution in [2.24, 2.45) is 5.92 Å². The van der Waals surface area contributed by atoms with Crippen LogP contribution in [0, 0.1) is 5.92 Å². The molecular weight excluding hydrogens is 374 g/mol. The predicted molar refractivity (Wildman–Crippen MR) is 111 cm³/mol. The van der Waals surface area contributed by atoms with Crippen LogP contribution in [-0.2, 0) is 9.84 Å². The smallest absolute Gasteiger partial charge is 0.321 e. The number of urea groups is 1. The molecule has 148 valence electrons. The van der Waals surface area contributed by atoms with Gasteiger partial charge in [0.25, 0.3) is 0 Å². The van der Waals surface area contributed by atoms with Crippen molar-refractivity contribution in [1.82, 2.24) is 9.80 Å². The van der Waals surface area contributed by atoms with Gasteiger partial charge in [0.1, 0.15) is 0 Å². The lowest BCUT2D eigenvalue weighted by Gasteiger charge is -2.25. The van der Waals surface area contributed by atoms with Gasteiger partial charge in [-0.05, 0) is 25.7 Å². The number of nitrogens with zero attached hydrogens (tertiary/aromatic N) is 2. The molecule has 2 heterocycles. The zero-order valence-corrected chi connectivity index (χ0v) is 16.9. The summed E-state index contributed by atoms with van der Waals surface area (Å²) in [5.41, 5.74) is 2.68. The topological polar surface area (TPSA) is 69.7 Å². The van der Waals surface area contributed by atoms with Crippen molar-refractivity contribution < 1.29 is 13.2 Å². The minimum absolute atomic E-state index is 0.0323. The van der Waals surface area contributed by atoms with E-state index in [0.29, 0.717) is 6.54 Å². The average molecular weight is 400 g/mol. The van der Waals surface area contributed by atoms with Crippen LogP contribution >= 0.6 is 0 Å². The molecule has 2 saturated heterocycles. The Morgan fingerprint density at radius 2 is 1.71 bits per heavy atom. The molecule has 3 atom stereocenters. The standard InChI is InChI=1S/C21H25N3O3S/c1-23(2)19-14-28(26,27)20-13-24(12-17(19)20)21(25)22-18-11-7-6-10-16(18)15-8-4-3-5-9-15/h3-11,17,19-20H,12-14H2,1-2H3,(H,22,25)/t17-,19+,20-/m0/s1. The van der Waals surface area contributed by atoms with Gasteiger partial charge in [-0.25, -0.2) is 13.2 Å². The van der Waals surface area contributed by atoms with Gasteiger partial charge in [0, 0.05) is 30.6 Å². The van der Waals surface area contributed by atoms with Crippen molar-refractivity contribution >= 4 is 21.6 Å². The molecule has 4 rings (SSSR count). The molecule has 0 radical (unpaired) electrons. The van der Waals surface area contributed by atoms with E-state index in [4.69, 9.17) is 0 Å². The fourth-order valence-electron chi connectivity index (χ4n) is 4.39. The summed E-state index contributed by atoms with van der Waals surface area (Å²) in [6, 6.07) is 17.2. The third kappa shape index (κ3) is 3.40. The molecule has 0 spiro atoms. The van der Waals surface area contributed by atoms with Gasteiger partial charge in [-0.2, -0.15) is 0 Å². The summed E-state index contributed by atoms with van der Waals surface area (Å²) < 4.78 is 25.1. The molecule has 0 aromatic heterocycles. The highest BCUT2D eigenvalue weighted by atomic mass is 32.2. The molecule has 7 heteroatoms. The number of para-hydroxylation sites is 1. The first-order valence-corrected chi connectivity index (χ1v) is 11.2. The van der Waals surface area contributed by atoms with Crippen LogP contribution in [0.1, 0.15) is 0 Å². The Balaban J connectivity index is 1.54. The second-order valence-electron chi connectivity index (χ2n) is 7.81. The van der Waals surface area contributed by atoms with Gasteiger partial charge < -0.3 is 15.1 Å². The van der Waals surface area contributed by atoms with Crippen LogP contribution < -0.4 is 5.32 Å². The van der Waals surface area contributed by atoms with Crippen molar-refractivity contribution in [2.75, 3.05) is 38.3 Å². The van der Waals surface area contributed by atoms with E-state index >= 15 is 0 Å². The van der Waals surface area contributed by atoms with Crippen LogP contribution in [0.2, 0.25) is 0 Å². The minimum atomic E-state index is -3.17. The van der Waals surface area contributed by atoms with Gasteiger partial charge >= 0.3 is 6.03 Å². The number of hydrogen-bond acceptors (Lipinski definition) is 4. The van der Waals surface area contributed by atoms with Gasteiger partial charge in [-0.15, -0.1) is 0 Å².